The smallest absolute Gasteiger partial charge is 0.265 e. The maximum atomic E-state index is 12.6. The molecule has 1 fully saturated rings. The van der Waals surface area contributed by atoms with Crippen molar-refractivity contribution in [1.82, 2.24) is 4.98 Å². The lowest BCUT2D eigenvalue weighted by atomic mass is 10.0. The van der Waals surface area contributed by atoms with Crippen LogP contribution in [0.5, 0.6) is 0 Å². The van der Waals surface area contributed by atoms with Gasteiger partial charge in [-0.15, -0.1) is 0 Å². The fraction of sp³-hybridized carbons (Fsp3) is 0.545. The van der Waals surface area contributed by atoms with Crippen molar-refractivity contribution in [2.75, 3.05) is 0 Å². The average molecular weight is 212 g/mol. The highest BCUT2D eigenvalue weighted by molar-refractivity contribution is 5.21. The molecule has 1 aliphatic carbocycles. The highest BCUT2D eigenvalue weighted by atomic mass is 19.3. The van der Waals surface area contributed by atoms with E-state index in [1.54, 1.807) is 12.3 Å². The summed E-state index contributed by atoms with van der Waals surface area (Å²) >= 11 is 0. The lowest BCUT2D eigenvalue weighted by molar-refractivity contribution is 0.149. The van der Waals surface area contributed by atoms with E-state index in [1.165, 1.54) is 6.07 Å². The first kappa shape index (κ1) is 10.5. The zero-order chi connectivity index (χ0) is 10.9. The lowest BCUT2D eigenvalue weighted by Crippen LogP contribution is -2.22. The molecule has 0 unspecified atom stereocenters. The van der Waals surface area contributed by atoms with Crippen molar-refractivity contribution in [1.29, 1.82) is 0 Å². The Morgan fingerprint density at radius 2 is 2.20 bits per heavy atom. The molecule has 1 aliphatic rings. The summed E-state index contributed by atoms with van der Waals surface area (Å²) in [5, 5.41) is 0. The Labute approximate surface area is 87.5 Å². The Morgan fingerprint density at radius 3 is 2.80 bits per heavy atom. The molecule has 1 aromatic heterocycles. The van der Waals surface area contributed by atoms with E-state index in [1.807, 2.05) is 0 Å². The van der Waals surface area contributed by atoms with E-state index in [4.69, 9.17) is 5.73 Å². The summed E-state index contributed by atoms with van der Waals surface area (Å²) in [5.41, 5.74) is 6.34. The molecule has 0 atom stereocenters. The fourth-order valence-corrected chi connectivity index (χ4v) is 1.64. The Balaban J connectivity index is 2.06. The van der Waals surface area contributed by atoms with Crippen molar-refractivity contribution in [2.24, 2.45) is 5.73 Å². The molecule has 2 rings (SSSR count). The zero-order valence-corrected chi connectivity index (χ0v) is 8.42. The monoisotopic (exact) mass is 212 g/mol. The van der Waals surface area contributed by atoms with Gasteiger partial charge in [0, 0.05) is 23.0 Å². The largest absolute Gasteiger partial charge is 0.325 e. The minimum atomic E-state index is -2.44. The maximum absolute atomic E-state index is 12.6. The van der Waals surface area contributed by atoms with Gasteiger partial charge < -0.3 is 5.73 Å². The van der Waals surface area contributed by atoms with Crippen molar-refractivity contribution in [2.45, 2.75) is 37.6 Å². The number of nitrogens with two attached hydrogens (primary N) is 1. The van der Waals surface area contributed by atoms with E-state index in [0.29, 0.717) is 12.1 Å². The summed E-state index contributed by atoms with van der Waals surface area (Å²) in [6, 6.07) is 2.98. The van der Waals surface area contributed by atoms with Crippen LogP contribution in [0.1, 0.15) is 36.9 Å². The molecule has 2 N–H and O–H groups in total. The molecule has 1 aromatic rings. The van der Waals surface area contributed by atoms with Gasteiger partial charge in [-0.2, -0.15) is 0 Å². The second-order valence-electron chi connectivity index (χ2n) is 4.20. The van der Waals surface area contributed by atoms with E-state index < -0.39 is 6.43 Å². The predicted molar refractivity (Wildman–Crippen MR) is 53.7 cm³/mol. The molecule has 0 bridgehead atoms. The molecule has 4 heteroatoms. The van der Waals surface area contributed by atoms with Crippen LogP contribution in [0, 0.1) is 0 Å². The Kier molecular flexibility index (Phi) is 2.69. The van der Waals surface area contributed by atoms with Gasteiger partial charge in [-0.25, -0.2) is 8.78 Å². The molecule has 0 aromatic carbocycles. The quantitative estimate of drug-likeness (QED) is 0.832. The number of rotatable bonds is 4. The standard InChI is InChI=1S/C11H14F2N2/c12-10(13)8-2-1-7-15-9(8)3-4-11(14)5-6-11/h1-2,7,10H,3-6,14H2. The first-order valence-corrected chi connectivity index (χ1v) is 5.12. The molecule has 1 heterocycles. The van der Waals surface area contributed by atoms with Crippen LogP contribution in [0.3, 0.4) is 0 Å². The van der Waals surface area contributed by atoms with E-state index in [9.17, 15) is 8.78 Å². The highest BCUT2D eigenvalue weighted by Crippen LogP contribution is 2.37. The summed E-state index contributed by atoms with van der Waals surface area (Å²) in [4.78, 5) is 4.00. The molecule has 82 valence electrons. The molecule has 0 radical (unpaired) electrons. The molecule has 0 aliphatic heterocycles. The van der Waals surface area contributed by atoms with Crippen LogP contribution in [-0.2, 0) is 6.42 Å². The lowest BCUT2D eigenvalue weighted by Gasteiger charge is -2.10. The first-order chi connectivity index (χ1) is 7.11. The fourth-order valence-electron chi connectivity index (χ4n) is 1.64. The third kappa shape index (κ3) is 2.50. The van der Waals surface area contributed by atoms with Crippen molar-refractivity contribution in [3.63, 3.8) is 0 Å². The second kappa shape index (κ2) is 3.85. The predicted octanol–water partition coefficient (Wildman–Crippen LogP) is 2.44. The SMILES string of the molecule is NC1(CCc2ncccc2C(F)F)CC1. The number of nitrogens with zero attached hydrogens (tertiary/aromatic N) is 1. The Hall–Kier alpha value is -1.03. The van der Waals surface area contributed by atoms with Crippen molar-refractivity contribution >= 4 is 0 Å². The summed E-state index contributed by atoms with van der Waals surface area (Å²) < 4.78 is 25.2. The van der Waals surface area contributed by atoms with E-state index >= 15 is 0 Å². The minimum Gasteiger partial charge on any atom is -0.325 e. The number of pyridine rings is 1. The molecule has 0 spiro atoms. The number of aromatic nitrogens is 1. The van der Waals surface area contributed by atoms with Crippen LogP contribution >= 0.6 is 0 Å². The third-order valence-electron chi connectivity index (χ3n) is 2.91. The van der Waals surface area contributed by atoms with Crippen LogP contribution in [0.15, 0.2) is 18.3 Å². The van der Waals surface area contributed by atoms with Crippen molar-refractivity contribution < 1.29 is 8.78 Å². The third-order valence-corrected chi connectivity index (χ3v) is 2.91. The van der Waals surface area contributed by atoms with Crippen LogP contribution in [-0.4, -0.2) is 10.5 Å². The van der Waals surface area contributed by atoms with Gasteiger partial charge in [-0.3, -0.25) is 4.98 Å². The van der Waals surface area contributed by atoms with Crippen LogP contribution in [0.4, 0.5) is 8.78 Å². The molecule has 1 saturated carbocycles. The van der Waals surface area contributed by atoms with Gasteiger partial charge in [0.05, 0.1) is 0 Å². The Morgan fingerprint density at radius 1 is 1.47 bits per heavy atom. The molecule has 2 nitrogen and oxygen atoms in total. The van der Waals surface area contributed by atoms with Gasteiger partial charge in [0.25, 0.3) is 6.43 Å². The summed E-state index contributed by atoms with van der Waals surface area (Å²) in [6.45, 7) is 0. The average Bonchev–Trinajstić information content (AvgIpc) is 2.95. The number of halogens is 2. The van der Waals surface area contributed by atoms with Crippen LogP contribution in [0.2, 0.25) is 0 Å². The van der Waals surface area contributed by atoms with Gasteiger partial charge in [0.1, 0.15) is 0 Å². The topological polar surface area (TPSA) is 38.9 Å². The van der Waals surface area contributed by atoms with Crippen molar-refractivity contribution in [3.8, 4) is 0 Å². The second-order valence-corrected chi connectivity index (χ2v) is 4.20. The molecular weight excluding hydrogens is 198 g/mol. The van der Waals surface area contributed by atoms with E-state index in [0.717, 1.165) is 19.3 Å². The summed E-state index contributed by atoms with van der Waals surface area (Å²) in [5.74, 6) is 0. The van der Waals surface area contributed by atoms with Crippen molar-refractivity contribution in [3.05, 3.63) is 29.6 Å². The van der Waals surface area contributed by atoms with Gasteiger partial charge in [0.15, 0.2) is 0 Å². The number of hydrogen-bond donors (Lipinski definition) is 1. The van der Waals surface area contributed by atoms with E-state index in [2.05, 4.69) is 4.98 Å². The van der Waals surface area contributed by atoms with Crippen LogP contribution < -0.4 is 5.73 Å². The minimum absolute atomic E-state index is 0.0433. The molecule has 0 amide bonds. The van der Waals surface area contributed by atoms with Gasteiger partial charge in [-0.05, 0) is 37.8 Å². The highest BCUT2D eigenvalue weighted by Gasteiger charge is 2.37. The normalized spacial score (nSPS) is 18.1. The number of hydrogen-bond acceptors (Lipinski definition) is 2. The van der Waals surface area contributed by atoms with Gasteiger partial charge in [0.2, 0.25) is 0 Å². The first-order valence-electron chi connectivity index (χ1n) is 5.12. The molecule has 0 saturated heterocycles. The number of alkyl halides is 2. The zero-order valence-electron chi connectivity index (χ0n) is 8.42. The maximum Gasteiger partial charge on any atom is 0.265 e. The summed E-state index contributed by atoms with van der Waals surface area (Å²) in [6.07, 6.45) is 2.42. The molecular formula is C11H14F2N2. The van der Waals surface area contributed by atoms with Gasteiger partial charge in [-0.1, -0.05) is 0 Å². The number of aryl methyl sites for hydroxylation is 1. The van der Waals surface area contributed by atoms with E-state index in [-0.39, 0.29) is 11.1 Å². The van der Waals surface area contributed by atoms with Crippen LogP contribution in [0.25, 0.3) is 0 Å². The summed E-state index contributed by atoms with van der Waals surface area (Å²) in [7, 11) is 0. The Bertz CT molecular complexity index is 348. The van der Waals surface area contributed by atoms with Gasteiger partial charge >= 0.3 is 0 Å². The molecule has 15 heavy (non-hydrogen) atoms.